The van der Waals surface area contributed by atoms with Crippen LogP contribution >= 0.6 is 11.8 Å². The molecule has 0 radical (unpaired) electrons. The Morgan fingerprint density at radius 2 is 2.00 bits per heavy atom. The van der Waals surface area contributed by atoms with Crippen LogP contribution in [0, 0.1) is 17.8 Å². The van der Waals surface area contributed by atoms with E-state index in [-0.39, 0.29) is 6.04 Å². The van der Waals surface area contributed by atoms with E-state index in [0.29, 0.717) is 48.7 Å². The molecule has 3 heterocycles. The average molecular weight is 439 g/mol. The van der Waals surface area contributed by atoms with Gasteiger partial charge in [-0.05, 0) is 67.9 Å². The molecular formula is C19H30N6O4S. The van der Waals surface area contributed by atoms with Gasteiger partial charge < -0.3 is 15.5 Å². The van der Waals surface area contributed by atoms with Crippen LogP contribution in [0.15, 0.2) is 0 Å². The zero-order valence-corrected chi connectivity index (χ0v) is 18.0. The predicted molar refractivity (Wildman–Crippen MR) is 110 cm³/mol. The van der Waals surface area contributed by atoms with Gasteiger partial charge in [0.2, 0.25) is 0 Å². The van der Waals surface area contributed by atoms with Gasteiger partial charge >= 0.3 is 11.9 Å². The van der Waals surface area contributed by atoms with Crippen molar-refractivity contribution in [1.29, 1.82) is 0 Å². The van der Waals surface area contributed by atoms with Gasteiger partial charge in [-0.2, -0.15) is 16.6 Å². The molecule has 4 rings (SSSR count). The summed E-state index contributed by atoms with van der Waals surface area (Å²) in [4.78, 5) is 26.9. The quantitative estimate of drug-likeness (QED) is 0.559. The Hall–Kier alpha value is -1.72. The minimum atomic E-state index is -0.802. The van der Waals surface area contributed by atoms with Crippen LogP contribution in [0.4, 0.5) is 0 Å². The van der Waals surface area contributed by atoms with Crippen LogP contribution in [0.25, 0.3) is 0 Å². The second kappa shape index (κ2) is 9.19. The Balaban J connectivity index is 1.38. The summed E-state index contributed by atoms with van der Waals surface area (Å²) in [7, 11) is 0. The Morgan fingerprint density at radius 3 is 2.73 bits per heavy atom. The highest BCUT2D eigenvalue weighted by Gasteiger charge is 2.42. The van der Waals surface area contributed by atoms with Gasteiger partial charge in [-0.15, -0.1) is 10.2 Å². The van der Waals surface area contributed by atoms with Crippen molar-refractivity contribution >= 4 is 23.7 Å². The van der Waals surface area contributed by atoms with Gasteiger partial charge in [0.05, 0.1) is 11.8 Å². The molecule has 6 atom stereocenters. The highest BCUT2D eigenvalue weighted by molar-refractivity contribution is 7.97. The van der Waals surface area contributed by atoms with Gasteiger partial charge in [-0.3, -0.25) is 14.5 Å². The molecule has 1 aromatic rings. The molecule has 166 valence electrons. The number of rotatable bonds is 7. The minimum absolute atomic E-state index is 0.0826. The van der Waals surface area contributed by atoms with E-state index in [4.69, 9.17) is 0 Å². The Labute approximate surface area is 179 Å². The summed E-state index contributed by atoms with van der Waals surface area (Å²) < 4.78 is 0. The molecule has 0 spiro atoms. The second-order valence-corrected chi connectivity index (χ2v) is 9.76. The number of nitrogens with one attached hydrogen (secondary N) is 1. The molecular weight excluding hydrogens is 408 g/mol. The van der Waals surface area contributed by atoms with E-state index < -0.39 is 24.0 Å². The van der Waals surface area contributed by atoms with E-state index >= 15 is 0 Å². The second-order valence-electron chi connectivity index (χ2n) is 8.89. The number of likely N-dealkylation sites (tertiary alicyclic amines) is 1. The van der Waals surface area contributed by atoms with E-state index in [1.165, 1.54) is 0 Å². The maximum Gasteiger partial charge on any atom is 0.321 e. The fraction of sp³-hybridized carbons (Fsp3) is 0.842. The molecule has 0 aromatic carbocycles. The number of piperidine rings is 1. The lowest BCUT2D eigenvalue weighted by Crippen LogP contribution is -2.50. The number of carbonyl (C=O) groups is 2. The molecule has 3 fully saturated rings. The summed E-state index contributed by atoms with van der Waals surface area (Å²) in [6, 6.07) is -1.08. The van der Waals surface area contributed by atoms with Crippen molar-refractivity contribution in [2.45, 2.75) is 56.0 Å². The van der Waals surface area contributed by atoms with Crippen LogP contribution in [0.1, 0.15) is 44.0 Å². The SMILES string of the molecule is CSCc1nnn([C@H]2C[C@@H](C(=O)O)N(CC3CC[C@H]4CNC(C(=O)O)CC4C3)C2)n1. The van der Waals surface area contributed by atoms with Gasteiger partial charge in [-0.25, -0.2) is 0 Å². The number of aromatic nitrogens is 4. The van der Waals surface area contributed by atoms with E-state index in [9.17, 15) is 19.8 Å². The lowest BCUT2D eigenvalue weighted by Gasteiger charge is -2.42. The highest BCUT2D eigenvalue weighted by atomic mass is 32.2. The van der Waals surface area contributed by atoms with Crippen molar-refractivity contribution < 1.29 is 19.8 Å². The van der Waals surface area contributed by atoms with Crippen LogP contribution in [0.5, 0.6) is 0 Å². The number of carboxylic acid groups (broad SMARTS) is 2. The normalized spacial score (nSPS) is 34.6. The van der Waals surface area contributed by atoms with Crippen molar-refractivity contribution in [2.75, 3.05) is 25.9 Å². The van der Waals surface area contributed by atoms with Gasteiger partial charge in [0.15, 0.2) is 5.82 Å². The fourth-order valence-corrected chi connectivity index (χ4v) is 5.82. The van der Waals surface area contributed by atoms with Crippen molar-refractivity contribution in [3.05, 3.63) is 5.82 Å². The zero-order chi connectivity index (χ0) is 21.3. The summed E-state index contributed by atoms with van der Waals surface area (Å²) in [6.07, 6.45) is 6.24. The Morgan fingerprint density at radius 1 is 1.17 bits per heavy atom. The first-order valence-corrected chi connectivity index (χ1v) is 12.0. The fourth-order valence-electron chi connectivity index (χ4n) is 5.45. The number of thioether (sulfide) groups is 1. The minimum Gasteiger partial charge on any atom is -0.480 e. The third-order valence-electron chi connectivity index (χ3n) is 6.94. The van der Waals surface area contributed by atoms with Crippen molar-refractivity contribution in [1.82, 2.24) is 30.4 Å². The highest BCUT2D eigenvalue weighted by Crippen LogP contribution is 2.40. The van der Waals surface area contributed by atoms with Crippen molar-refractivity contribution in [3.8, 4) is 0 Å². The van der Waals surface area contributed by atoms with Crippen molar-refractivity contribution in [2.24, 2.45) is 17.8 Å². The number of hydrogen-bond acceptors (Lipinski definition) is 8. The Kier molecular flexibility index (Phi) is 6.59. The average Bonchev–Trinajstić information content (AvgIpc) is 3.35. The first-order valence-electron chi connectivity index (χ1n) is 10.6. The maximum absolute atomic E-state index is 11.9. The summed E-state index contributed by atoms with van der Waals surface area (Å²) in [6.45, 7) is 2.11. The number of aliphatic carboxylic acids is 2. The Bertz CT molecular complexity index is 776. The topological polar surface area (TPSA) is 133 Å². The van der Waals surface area contributed by atoms with Gasteiger partial charge in [-0.1, -0.05) is 0 Å². The lowest BCUT2D eigenvalue weighted by molar-refractivity contribution is -0.143. The smallest absolute Gasteiger partial charge is 0.321 e. The van der Waals surface area contributed by atoms with Gasteiger partial charge in [0.25, 0.3) is 0 Å². The molecule has 10 nitrogen and oxygen atoms in total. The number of hydrogen-bond donors (Lipinski definition) is 3. The van der Waals surface area contributed by atoms with E-state index in [0.717, 1.165) is 32.4 Å². The molecule has 3 aliphatic rings. The summed E-state index contributed by atoms with van der Waals surface area (Å²) >= 11 is 1.63. The lowest BCUT2D eigenvalue weighted by atomic mass is 9.69. The van der Waals surface area contributed by atoms with Crippen LogP contribution in [-0.2, 0) is 15.3 Å². The van der Waals surface area contributed by atoms with E-state index in [2.05, 4.69) is 25.6 Å². The molecule has 0 bridgehead atoms. The number of carboxylic acids is 2. The van der Waals surface area contributed by atoms with Gasteiger partial charge in [0.1, 0.15) is 12.1 Å². The van der Waals surface area contributed by atoms with Gasteiger partial charge in [0, 0.05) is 13.1 Å². The largest absolute Gasteiger partial charge is 0.480 e. The summed E-state index contributed by atoms with van der Waals surface area (Å²) in [5.41, 5.74) is 0. The number of nitrogens with zero attached hydrogens (tertiary/aromatic N) is 5. The molecule has 1 aliphatic carbocycles. The predicted octanol–water partition coefficient (Wildman–Crippen LogP) is 0.715. The molecule has 0 amide bonds. The van der Waals surface area contributed by atoms with E-state index in [1.807, 2.05) is 6.26 Å². The van der Waals surface area contributed by atoms with Crippen LogP contribution in [0.3, 0.4) is 0 Å². The zero-order valence-electron chi connectivity index (χ0n) is 17.2. The molecule has 3 unspecified atom stereocenters. The summed E-state index contributed by atoms with van der Waals surface area (Å²) in [5.74, 6) is 1.12. The summed E-state index contributed by atoms with van der Waals surface area (Å²) in [5, 5.41) is 34.9. The first-order chi connectivity index (χ1) is 14.4. The monoisotopic (exact) mass is 438 g/mol. The van der Waals surface area contributed by atoms with Crippen LogP contribution < -0.4 is 5.32 Å². The number of fused-ring (bicyclic) bond motifs is 1. The van der Waals surface area contributed by atoms with Crippen LogP contribution in [0.2, 0.25) is 0 Å². The third-order valence-corrected chi connectivity index (χ3v) is 7.49. The molecule has 3 N–H and O–H groups in total. The maximum atomic E-state index is 11.9. The molecule has 2 saturated heterocycles. The molecule has 1 aromatic heterocycles. The molecule has 1 saturated carbocycles. The van der Waals surface area contributed by atoms with Crippen LogP contribution in [-0.4, -0.2) is 85.2 Å². The standard InChI is InChI=1S/C19H30N6O4S/c1-30-10-17-21-23-25(22-17)14-6-16(19(28)29)24(9-14)8-11-2-3-12-7-20-15(18(26)27)5-13(12)4-11/h11-16,20H,2-10H2,1H3,(H,26,27)(H,28,29)/t11?,12-,13?,14-,15?,16-/m0/s1. The molecule has 30 heavy (non-hydrogen) atoms. The first kappa shape index (κ1) is 21.5. The number of tetrazole rings is 1. The van der Waals surface area contributed by atoms with Crippen molar-refractivity contribution in [3.63, 3.8) is 0 Å². The molecule has 11 heteroatoms. The molecule has 2 aliphatic heterocycles. The van der Waals surface area contributed by atoms with E-state index in [1.54, 1.807) is 16.6 Å². The third kappa shape index (κ3) is 4.62.